The van der Waals surface area contributed by atoms with Crippen LogP contribution in [-0.2, 0) is 16.4 Å². The third-order valence-corrected chi connectivity index (χ3v) is 11.2. The summed E-state index contributed by atoms with van der Waals surface area (Å²) in [5.74, 6) is 1.96. The molecule has 9 nitrogen and oxygen atoms in total. The van der Waals surface area contributed by atoms with Gasteiger partial charge >= 0.3 is 0 Å². The maximum atomic E-state index is 13.4. The minimum absolute atomic E-state index is 0.0346. The van der Waals surface area contributed by atoms with Gasteiger partial charge in [0.2, 0.25) is 16.6 Å². The predicted molar refractivity (Wildman–Crippen MR) is 176 cm³/mol. The summed E-state index contributed by atoms with van der Waals surface area (Å²) < 4.78 is 42.9. The van der Waals surface area contributed by atoms with Crippen molar-refractivity contribution in [1.82, 2.24) is 14.7 Å². The predicted octanol–water partition coefficient (Wildman–Crippen LogP) is 5.14. The van der Waals surface area contributed by atoms with Gasteiger partial charge in [-0.2, -0.15) is 0 Å². The van der Waals surface area contributed by atoms with Gasteiger partial charge in [-0.15, -0.1) is 0 Å². The molecule has 10 heteroatoms. The lowest BCUT2D eigenvalue weighted by Gasteiger charge is -2.41. The Morgan fingerprint density at radius 3 is 2.22 bits per heavy atom. The third kappa shape index (κ3) is 7.74. The molecule has 0 spiro atoms. The molecule has 246 valence electrons. The lowest BCUT2D eigenvalue weighted by atomic mass is 9.87. The molecule has 0 saturated carbocycles. The van der Waals surface area contributed by atoms with Gasteiger partial charge in [-0.05, 0) is 114 Å². The first kappa shape index (κ1) is 32.5. The highest BCUT2D eigenvalue weighted by molar-refractivity contribution is 7.91. The van der Waals surface area contributed by atoms with Crippen LogP contribution in [0.25, 0.3) is 0 Å². The topological polar surface area (TPSA) is 88.6 Å². The number of Topliss-reactive ketones (excluding diaryl/α,β-unsaturated/α-hetero) is 1. The Bertz CT molecular complexity index is 1580. The summed E-state index contributed by atoms with van der Waals surface area (Å²) in [7, 11) is 0.415. The molecule has 0 bridgehead atoms. The second kappa shape index (κ2) is 14.5. The van der Waals surface area contributed by atoms with Crippen LogP contribution in [0.4, 0.5) is 0 Å². The summed E-state index contributed by atoms with van der Waals surface area (Å²) in [6, 6.07) is 20.1. The molecule has 6 rings (SSSR count). The molecule has 0 unspecified atom stereocenters. The highest BCUT2D eigenvalue weighted by atomic mass is 32.2. The number of rotatable bonds is 12. The Hall–Kier alpha value is -3.44. The number of carbonyl (C=O) groups is 1. The van der Waals surface area contributed by atoms with Crippen LogP contribution in [0, 0.1) is 5.92 Å². The largest absolute Gasteiger partial charge is 0.494 e. The van der Waals surface area contributed by atoms with Gasteiger partial charge in [0.1, 0.15) is 5.75 Å². The Balaban J connectivity index is 0.938. The lowest BCUT2D eigenvalue weighted by molar-refractivity contribution is 0.0640. The number of carbonyl (C=O) groups excluding carboxylic acids is 1. The zero-order valence-corrected chi connectivity index (χ0v) is 27.7. The summed E-state index contributed by atoms with van der Waals surface area (Å²) in [5, 5.41) is 0. The van der Waals surface area contributed by atoms with Gasteiger partial charge in [-0.3, -0.25) is 9.69 Å². The smallest absolute Gasteiger partial charge is 0.231 e. The van der Waals surface area contributed by atoms with E-state index in [4.69, 9.17) is 14.2 Å². The van der Waals surface area contributed by atoms with Crippen LogP contribution in [0.2, 0.25) is 0 Å². The molecule has 3 aromatic carbocycles. The lowest BCUT2D eigenvalue weighted by Crippen LogP contribution is -2.48. The van der Waals surface area contributed by atoms with Gasteiger partial charge in [0.05, 0.1) is 16.4 Å². The van der Waals surface area contributed by atoms with Crippen molar-refractivity contribution in [3.63, 3.8) is 0 Å². The minimum Gasteiger partial charge on any atom is -0.494 e. The van der Waals surface area contributed by atoms with Crippen molar-refractivity contribution >= 4 is 15.6 Å². The van der Waals surface area contributed by atoms with Gasteiger partial charge in [-0.1, -0.05) is 24.3 Å². The van der Waals surface area contributed by atoms with Crippen LogP contribution >= 0.6 is 0 Å². The Morgan fingerprint density at radius 1 is 0.848 bits per heavy atom. The number of hydrogen-bond acceptors (Lipinski definition) is 9. The molecular weight excluding hydrogens is 602 g/mol. The van der Waals surface area contributed by atoms with Crippen LogP contribution in [-0.4, -0.2) is 95.2 Å². The minimum atomic E-state index is -3.74. The van der Waals surface area contributed by atoms with Crippen molar-refractivity contribution in [2.75, 3.05) is 60.2 Å². The normalized spacial score (nSPS) is 18.2. The molecule has 2 saturated heterocycles. The molecule has 0 radical (unpaired) electrons. The van der Waals surface area contributed by atoms with Crippen molar-refractivity contribution in [3.05, 3.63) is 77.9 Å². The van der Waals surface area contributed by atoms with E-state index in [1.165, 1.54) is 29.8 Å². The number of likely N-dealkylation sites (tertiary alicyclic amines) is 2. The fourth-order valence-electron chi connectivity index (χ4n) is 6.70. The number of hydrogen-bond donors (Lipinski definition) is 0. The molecule has 0 N–H and O–H groups in total. The van der Waals surface area contributed by atoms with Crippen LogP contribution in [0.15, 0.2) is 76.5 Å². The van der Waals surface area contributed by atoms with E-state index in [0.29, 0.717) is 23.1 Å². The van der Waals surface area contributed by atoms with Gasteiger partial charge in [-0.25, -0.2) is 8.42 Å². The molecule has 2 fully saturated rings. The number of benzene rings is 3. The van der Waals surface area contributed by atoms with E-state index in [-0.39, 0.29) is 28.3 Å². The average molecular weight is 648 g/mol. The van der Waals surface area contributed by atoms with Crippen molar-refractivity contribution in [1.29, 1.82) is 0 Å². The first-order valence-corrected chi connectivity index (χ1v) is 17.9. The number of nitrogens with zero attached hydrogens (tertiary/aromatic N) is 3. The third-order valence-electron chi connectivity index (χ3n) is 9.43. The number of ketones is 1. The van der Waals surface area contributed by atoms with E-state index >= 15 is 0 Å². The Morgan fingerprint density at radius 2 is 1.52 bits per heavy atom. The number of piperidine rings is 2. The molecular formula is C36H45N3O6S. The number of fused-ring (bicyclic) bond motifs is 1. The van der Waals surface area contributed by atoms with Crippen molar-refractivity contribution < 1.29 is 27.4 Å². The summed E-state index contributed by atoms with van der Waals surface area (Å²) in [6.45, 7) is 6.81. The SMILES string of the molecule is CN(C)CCCOc1ccc(CN2CCC(N3CCC(C(=O)c4ccc(S(=O)(=O)c5ccc6c(c5)OCO6)cc4)CC3)CC2)cc1. The molecule has 3 heterocycles. The zero-order valence-electron chi connectivity index (χ0n) is 26.9. The fourth-order valence-corrected chi connectivity index (χ4v) is 7.98. The van der Waals surface area contributed by atoms with Crippen molar-refractivity contribution in [2.45, 2.75) is 54.5 Å². The quantitative estimate of drug-likeness (QED) is 0.196. The monoisotopic (exact) mass is 647 g/mol. The van der Waals surface area contributed by atoms with Gasteiger partial charge in [0.25, 0.3) is 0 Å². The van der Waals surface area contributed by atoms with E-state index in [1.54, 1.807) is 18.2 Å². The summed E-state index contributed by atoms with van der Waals surface area (Å²) >= 11 is 0. The fraction of sp³-hybridized carbons (Fsp3) is 0.472. The second-order valence-corrected chi connectivity index (χ2v) is 14.8. The second-order valence-electron chi connectivity index (χ2n) is 12.9. The Labute approximate surface area is 273 Å². The van der Waals surface area contributed by atoms with E-state index in [9.17, 15) is 13.2 Å². The highest BCUT2D eigenvalue weighted by Crippen LogP contribution is 2.36. The zero-order chi connectivity index (χ0) is 32.1. The Kier molecular flexibility index (Phi) is 10.3. The maximum Gasteiger partial charge on any atom is 0.231 e. The summed E-state index contributed by atoms with van der Waals surface area (Å²) in [5.41, 5.74) is 1.89. The number of ether oxygens (including phenoxy) is 3. The summed E-state index contributed by atoms with van der Waals surface area (Å²) in [4.78, 5) is 20.9. The van der Waals surface area contributed by atoms with E-state index in [1.807, 2.05) is 0 Å². The maximum absolute atomic E-state index is 13.4. The molecule has 0 atom stereocenters. The van der Waals surface area contributed by atoms with Gasteiger partial charge < -0.3 is 24.0 Å². The van der Waals surface area contributed by atoms with Crippen molar-refractivity contribution in [3.8, 4) is 17.2 Å². The van der Waals surface area contributed by atoms with E-state index < -0.39 is 9.84 Å². The standard InChI is InChI=1S/C36H45N3O6S/c1-37(2)18-3-23-43-31-8-4-27(5-9-31)25-38-19-16-30(17-20-38)39-21-14-29(15-22-39)36(40)28-6-10-32(11-7-28)46(41,42)33-12-13-34-35(24-33)45-26-44-34/h4-13,24,29-30H,3,14-23,25-26H2,1-2H3. The average Bonchev–Trinajstić information content (AvgIpc) is 3.56. The molecule has 3 aromatic rings. The molecule has 0 aromatic heterocycles. The van der Waals surface area contributed by atoms with Crippen LogP contribution < -0.4 is 14.2 Å². The molecule has 3 aliphatic heterocycles. The van der Waals surface area contributed by atoms with Crippen LogP contribution in [0.5, 0.6) is 17.2 Å². The molecule has 46 heavy (non-hydrogen) atoms. The summed E-state index contributed by atoms with van der Waals surface area (Å²) in [6.07, 6.45) is 4.97. The van der Waals surface area contributed by atoms with E-state index in [0.717, 1.165) is 83.7 Å². The van der Waals surface area contributed by atoms with Crippen LogP contribution in [0.1, 0.15) is 48.0 Å². The molecule has 0 aliphatic carbocycles. The first-order valence-electron chi connectivity index (χ1n) is 16.4. The van der Waals surface area contributed by atoms with Crippen LogP contribution in [0.3, 0.4) is 0 Å². The number of sulfone groups is 1. The van der Waals surface area contributed by atoms with Gasteiger partial charge in [0, 0.05) is 36.7 Å². The van der Waals surface area contributed by atoms with Gasteiger partial charge in [0.15, 0.2) is 17.3 Å². The first-order chi connectivity index (χ1) is 22.3. The van der Waals surface area contributed by atoms with Crippen molar-refractivity contribution in [2.24, 2.45) is 5.92 Å². The highest BCUT2D eigenvalue weighted by Gasteiger charge is 2.31. The van der Waals surface area contributed by atoms with E-state index in [2.05, 4.69) is 53.1 Å². The molecule has 0 amide bonds. The molecule has 3 aliphatic rings.